The molecular formula is C7H4BrF3IN. The summed E-state index contributed by atoms with van der Waals surface area (Å²) < 4.78 is 38.0. The van der Waals surface area contributed by atoms with E-state index in [1.54, 1.807) is 22.6 Å². The van der Waals surface area contributed by atoms with Gasteiger partial charge in [0.1, 0.15) is 11.5 Å². The third kappa shape index (κ3) is 2.34. The molecule has 0 saturated heterocycles. The molecule has 0 radical (unpaired) electrons. The van der Waals surface area contributed by atoms with Crippen LogP contribution in [0, 0.1) is 9.39 Å². The standard InChI is InChI=1S/C7H4BrF3IN/c8-1-3-5(9)4(12)2-13-6(3)7(10)11/h2,7H,1H2. The predicted molar refractivity (Wildman–Crippen MR) is 54.5 cm³/mol. The summed E-state index contributed by atoms with van der Waals surface area (Å²) in [4.78, 5) is 3.48. The molecule has 0 aliphatic carbocycles. The van der Waals surface area contributed by atoms with E-state index in [0.29, 0.717) is 0 Å². The Hall–Kier alpha value is 0.150. The minimum Gasteiger partial charge on any atom is -0.254 e. The normalized spacial score (nSPS) is 10.9. The summed E-state index contributed by atoms with van der Waals surface area (Å²) in [6.45, 7) is 0. The third-order valence-electron chi connectivity index (χ3n) is 1.44. The summed E-state index contributed by atoms with van der Waals surface area (Å²) in [7, 11) is 0. The summed E-state index contributed by atoms with van der Waals surface area (Å²) in [6.07, 6.45) is -1.64. The maximum absolute atomic E-state index is 13.2. The molecule has 1 rings (SSSR count). The first-order valence-electron chi connectivity index (χ1n) is 3.24. The molecule has 0 atom stereocenters. The lowest BCUT2D eigenvalue weighted by atomic mass is 10.2. The number of aromatic nitrogens is 1. The lowest BCUT2D eigenvalue weighted by Gasteiger charge is -2.06. The Morgan fingerprint density at radius 1 is 1.54 bits per heavy atom. The highest BCUT2D eigenvalue weighted by Gasteiger charge is 2.19. The van der Waals surface area contributed by atoms with E-state index < -0.39 is 17.9 Å². The fourth-order valence-corrected chi connectivity index (χ4v) is 1.83. The van der Waals surface area contributed by atoms with Crippen molar-refractivity contribution in [1.82, 2.24) is 4.98 Å². The number of rotatable bonds is 2. The topological polar surface area (TPSA) is 12.9 Å². The van der Waals surface area contributed by atoms with Crippen molar-refractivity contribution in [2.75, 3.05) is 0 Å². The van der Waals surface area contributed by atoms with Crippen molar-refractivity contribution in [3.05, 3.63) is 26.8 Å². The first kappa shape index (κ1) is 11.2. The molecule has 0 amide bonds. The maximum Gasteiger partial charge on any atom is 0.280 e. The molecule has 1 aromatic heterocycles. The van der Waals surface area contributed by atoms with E-state index in [2.05, 4.69) is 20.9 Å². The molecule has 72 valence electrons. The highest BCUT2D eigenvalue weighted by Crippen LogP contribution is 2.26. The lowest BCUT2D eigenvalue weighted by Crippen LogP contribution is -2.02. The van der Waals surface area contributed by atoms with E-state index in [4.69, 9.17) is 0 Å². The molecule has 0 spiro atoms. The molecule has 0 unspecified atom stereocenters. The molecule has 1 aromatic rings. The van der Waals surface area contributed by atoms with Crippen molar-refractivity contribution in [3.63, 3.8) is 0 Å². The molecule has 0 aromatic carbocycles. The van der Waals surface area contributed by atoms with Crippen molar-refractivity contribution in [3.8, 4) is 0 Å². The Morgan fingerprint density at radius 3 is 2.62 bits per heavy atom. The first-order valence-corrected chi connectivity index (χ1v) is 5.44. The van der Waals surface area contributed by atoms with Crippen molar-refractivity contribution in [2.45, 2.75) is 11.8 Å². The number of hydrogen-bond acceptors (Lipinski definition) is 1. The van der Waals surface area contributed by atoms with E-state index >= 15 is 0 Å². The van der Waals surface area contributed by atoms with Gasteiger partial charge in [-0.25, -0.2) is 13.2 Å². The zero-order valence-corrected chi connectivity index (χ0v) is 9.94. The van der Waals surface area contributed by atoms with Gasteiger partial charge in [0.2, 0.25) is 0 Å². The van der Waals surface area contributed by atoms with Crippen LogP contribution in [0.15, 0.2) is 6.20 Å². The maximum atomic E-state index is 13.2. The molecule has 0 fully saturated rings. The minimum absolute atomic E-state index is 0.0440. The largest absolute Gasteiger partial charge is 0.280 e. The Bertz CT molecular complexity index is 319. The van der Waals surface area contributed by atoms with Crippen molar-refractivity contribution >= 4 is 38.5 Å². The van der Waals surface area contributed by atoms with Crippen molar-refractivity contribution in [1.29, 1.82) is 0 Å². The number of alkyl halides is 3. The van der Waals surface area contributed by atoms with Crippen LogP contribution >= 0.6 is 38.5 Å². The van der Waals surface area contributed by atoms with Crippen molar-refractivity contribution in [2.24, 2.45) is 0 Å². The average Bonchev–Trinajstić information content (AvgIpc) is 2.09. The molecule has 6 heteroatoms. The molecule has 13 heavy (non-hydrogen) atoms. The molecule has 0 saturated carbocycles. The van der Waals surface area contributed by atoms with Gasteiger partial charge in [-0.05, 0) is 22.6 Å². The molecule has 1 nitrogen and oxygen atoms in total. The highest BCUT2D eigenvalue weighted by molar-refractivity contribution is 14.1. The van der Waals surface area contributed by atoms with Crippen LogP contribution in [0.1, 0.15) is 17.7 Å². The molecule has 0 aliphatic heterocycles. The fraction of sp³-hybridized carbons (Fsp3) is 0.286. The van der Waals surface area contributed by atoms with Gasteiger partial charge in [0.25, 0.3) is 6.43 Å². The summed E-state index contributed by atoms with van der Waals surface area (Å²) in [5, 5.41) is 0.0440. The Balaban J connectivity index is 3.30. The molecular weight excluding hydrogens is 362 g/mol. The van der Waals surface area contributed by atoms with Crippen LogP contribution in [0.3, 0.4) is 0 Å². The zero-order valence-electron chi connectivity index (χ0n) is 6.20. The highest BCUT2D eigenvalue weighted by atomic mass is 127. The molecule has 0 N–H and O–H groups in total. The van der Waals surface area contributed by atoms with E-state index in [1.807, 2.05) is 0 Å². The van der Waals surface area contributed by atoms with Crippen LogP contribution < -0.4 is 0 Å². The van der Waals surface area contributed by atoms with Crippen molar-refractivity contribution < 1.29 is 13.2 Å². The van der Waals surface area contributed by atoms with Gasteiger partial charge in [-0.1, -0.05) is 15.9 Å². The smallest absolute Gasteiger partial charge is 0.254 e. The van der Waals surface area contributed by atoms with Crippen LogP contribution in [0.4, 0.5) is 13.2 Å². The van der Waals surface area contributed by atoms with Crippen LogP contribution in [-0.2, 0) is 5.33 Å². The van der Waals surface area contributed by atoms with E-state index in [0.717, 1.165) is 6.20 Å². The van der Waals surface area contributed by atoms with Gasteiger partial charge in [-0.2, -0.15) is 0 Å². The summed E-state index contributed by atoms with van der Waals surface area (Å²) in [6, 6.07) is 0. The number of hydrogen-bond donors (Lipinski definition) is 0. The lowest BCUT2D eigenvalue weighted by molar-refractivity contribution is 0.144. The predicted octanol–water partition coefficient (Wildman–Crippen LogP) is 3.66. The van der Waals surface area contributed by atoms with Gasteiger partial charge in [-0.3, -0.25) is 4.98 Å². The average molecular weight is 366 g/mol. The number of halogens is 5. The second-order valence-corrected chi connectivity index (χ2v) is 3.94. The van der Waals surface area contributed by atoms with Gasteiger partial charge >= 0.3 is 0 Å². The Morgan fingerprint density at radius 2 is 2.15 bits per heavy atom. The van der Waals surface area contributed by atoms with Gasteiger partial charge in [0.05, 0.1) is 3.57 Å². The summed E-state index contributed by atoms with van der Waals surface area (Å²) in [5.74, 6) is -0.622. The van der Waals surface area contributed by atoms with Gasteiger partial charge < -0.3 is 0 Å². The Labute approximate surface area is 95.0 Å². The van der Waals surface area contributed by atoms with Gasteiger partial charge in [-0.15, -0.1) is 0 Å². The van der Waals surface area contributed by atoms with Crippen LogP contribution in [0.25, 0.3) is 0 Å². The molecule has 1 heterocycles. The second kappa shape index (κ2) is 4.59. The zero-order chi connectivity index (χ0) is 10.0. The fourth-order valence-electron chi connectivity index (χ4n) is 0.833. The summed E-state index contributed by atoms with van der Waals surface area (Å²) >= 11 is 4.66. The van der Waals surface area contributed by atoms with Crippen LogP contribution in [0.5, 0.6) is 0 Å². The monoisotopic (exact) mass is 365 g/mol. The summed E-state index contributed by atoms with van der Waals surface area (Å²) in [5.41, 5.74) is -0.559. The van der Waals surface area contributed by atoms with Crippen LogP contribution in [-0.4, -0.2) is 4.98 Å². The van der Waals surface area contributed by atoms with E-state index in [1.165, 1.54) is 0 Å². The second-order valence-electron chi connectivity index (χ2n) is 2.22. The SMILES string of the molecule is Fc1c(I)cnc(C(F)F)c1CBr. The quantitative estimate of drug-likeness (QED) is 0.575. The van der Waals surface area contributed by atoms with Gasteiger partial charge in [0.15, 0.2) is 0 Å². The van der Waals surface area contributed by atoms with Crippen LogP contribution in [0.2, 0.25) is 0 Å². The third-order valence-corrected chi connectivity index (χ3v) is 2.75. The van der Waals surface area contributed by atoms with E-state index in [-0.39, 0.29) is 14.5 Å². The van der Waals surface area contributed by atoms with Gasteiger partial charge in [0, 0.05) is 17.1 Å². The molecule has 0 bridgehead atoms. The number of nitrogens with zero attached hydrogens (tertiary/aromatic N) is 1. The molecule has 0 aliphatic rings. The Kier molecular flexibility index (Phi) is 3.96. The van der Waals surface area contributed by atoms with E-state index in [9.17, 15) is 13.2 Å². The minimum atomic E-state index is -2.74. The first-order chi connectivity index (χ1) is 6.07. The number of pyridine rings is 1.